The second-order valence-corrected chi connectivity index (χ2v) is 5.95. The van der Waals surface area contributed by atoms with Crippen LogP contribution in [0.15, 0.2) is 30.5 Å². The molecule has 1 heterocycles. The summed E-state index contributed by atoms with van der Waals surface area (Å²) >= 11 is 0. The molecule has 0 spiro atoms. The topological polar surface area (TPSA) is 34.0 Å². The number of amides is 1. The van der Waals surface area contributed by atoms with Gasteiger partial charge in [0.15, 0.2) is 0 Å². The molecule has 0 radical (unpaired) electrons. The first-order valence-electron chi connectivity index (χ1n) is 6.78. The first-order chi connectivity index (χ1) is 8.90. The van der Waals surface area contributed by atoms with Crippen molar-refractivity contribution in [3.05, 3.63) is 36.0 Å². The summed E-state index contributed by atoms with van der Waals surface area (Å²) in [6.45, 7) is 8.50. The van der Waals surface area contributed by atoms with E-state index in [9.17, 15) is 4.79 Å². The van der Waals surface area contributed by atoms with E-state index in [1.807, 2.05) is 31.5 Å². The first-order valence-corrected chi connectivity index (χ1v) is 6.78. The summed E-state index contributed by atoms with van der Waals surface area (Å²) in [5.41, 5.74) is 2.27. The largest absolute Gasteiger partial charge is 0.350 e. The highest BCUT2D eigenvalue weighted by molar-refractivity contribution is 5.86. The SMILES string of the molecule is CCc1cccc2ccn(CC(=O)NC(C)(C)C)c12. The van der Waals surface area contributed by atoms with Crippen molar-refractivity contribution in [3.8, 4) is 0 Å². The molecule has 2 aromatic rings. The summed E-state index contributed by atoms with van der Waals surface area (Å²) in [6.07, 6.45) is 2.97. The molecule has 0 fully saturated rings. The van der Waals surface area contributed by atoms with Gasteiger partial charge in [0.1, 0.15) is 6.54 Å². The van der Waals surface area contributed by atoms with Gasteiger partial charge >= 0.3 is 0 Å². The van der Waals surface area contributed by atoms with Crippen molar-refractivity contribution in [2.45, 2.75) is 46.2 Å². The number of hydrogen-bond acceptors (Lipinski definition) is 1. The van der Waals surface area contributed by atoms with E-state index < -0.39 is 0 Å². The van der Waals surface area contributed by atoms with Crippen LogP contribution in [0.2, 0.25) is 0 Å². The van der Waals surface area contributed by atoms with Gasteiger partial charge in [-0.25, -0.2) is 0 Å². The van der Waals surface area contributed by atoms with Gasteiger partial charge in [0.25, 0.3) is 0 Å². The highest BCUT2D eigenvalue weighted by atomic mass is 16.2. The maximum absolute atomic E-state index is 12.0. The monoisotopic (exact) mass is 258 g/mol. The van der Waals surface area contributed by atoms with Crippen LogP contribution in [0.4, 0.5) is 0 Å². The minimum absolute atomic E-state index is 0.0518. The van der Waals surface area contributed by atoms with Crippen molar-refractivity contribution in [3.63, 3.8) is 0 Å². The number of aromatic nitrogens is 1. The zero-order valence-electron chi connectivity index (χ0n) is 12.2. The fourth-order valence-electron chi connectivity index (χ4n) is 2.37. The van der Waals surface area contributed by atoms with Crippen molar-refractivity contribution in [2.24, 2.45) is 0 Å². The lowest BCUT2D eigenvalue weighted by molar-refractivity contribution is -0.123. The van der Waals surface area contributed by atoms with Crippen LogP contribution in [0.1, 0.15) is 33.3 Å². The predicted molar refractivity (Wildman–Crippen MR) is 79.2 cm³/mol. The molecule has 1 aromatic carbocycles. The molecule has 0 unspecified atom stereocenters. The number of fused-ring (bicyclic) bond motifs is 1. The van der Waals surface area contributed by atoms with Gasteiger partial charge in [0, 0.05) is 11.7 Å². The van der Waals surface area contributed by atoms with Crippen LogP contribution in [-0.4, -0.2) is 16.0 Å². The summed E-state index contributed by atoms with van der Waals surface area (Å²) < 4.78 is 2.04. The Morgan fingerprint density at radius 3 is 2.63 bits per heavy atom. The van der Waals surface area contributed by atoms with Crippen molar-refractivity contribution in [1.82, 2.24) is 9.88 Å². The number of hydrogen-bond donors (Lipinski definition) is 1. The smallest absolute Gasteiger partial charge is 0.240 e. The molecule has 1 N–H and O–H groups in total. The average molecular weight is 258 g/mol. The van der Waals surface area contributed by atoms with E-state index in [0.29, 0.717) is 6.54 Å². The average Bonchev–Trinajstić information content (AvgIpc) is 2.70. The third-order valence-corrected chi connectivity index (χ3v) is 3.08. The van der Waals surface area contributed by atoms with Crippen LogP contribution < -0.4 is 5.32 Å². The molecule has 0 aliphatic heterocycles. The van der Waals surface area contributed by atoms with Gasteiger partial charge in [-0.3, -0.25) is 4.79 Å². The maximum Gasteiger partial charge on any atom is 0.240 e. The molecule has 0 saturated carbocycles. The maximum atomic E-state index is 12.0. The lowest BCUT2D eigenvalue weighted by Gasteiger charge is -2.21. The fraction of sp³-hybridized carbons (Fsp3) is 0.438. The molecule has 1 amide bonds. The predicted octanol–water partition coefficient (Wildman–Crippen LogP) is 3.12. The zero-order chi connectivity index (χ0) is 14.0. The van der Waals surface area contributed by atoms with Gasteiger partial charge in [0.05, 0.1) is 5.52 Å². The van der Waals surface area contributed by atoms with Crippen molar-refractivity contribution >= 4 is 16.8 Å². The van der Waals surface area contributed by atoms with E-state index in [0.717, 1.165) is 6.42 Å². The number of benzene rings is 1. The second kappa shape index (κ2) is 5.08. The number of rotatable bonds is 3. The molecule has 1 aromatic heterocycles. The Balaban J connectivity index is 2.29. The van der Waals surface area contributed by atoms with E-state index >= 15 is 0 Å². The number of nitrogens with zero attached hydrogens (tertiary/aromatic N) is 1. The molecule has 102 valence electrons. The fourth-order valence-corrected chi connectivity index (χ4v) is 2.37. The number of carbonyl (C=O) groups excluding carboxylic acids is 1. The minimum Gasteiger partial charge on any atom is -0.350 e. The molecule has 0 atom stereocenters. The molecular formula is C16H22N2O. The molecule has 19 heavy (non-hydrogen) atoms. The normalized spacial score (nSPS) is 11.8. The Bertz CT molecular complexity index is 590. The molecule has 0 aliphatic carbocycles. The van der Waals surface area contributed by atoms with Gasteiger partial charge in [-0.05, 0) is 44.2 Å². The summed E-state index contributed by atoms with van der Waals surface area (Å²) in [7, 11) is 0. The summed E-state index contributed by atoms with van der Waals surface area (Å²) in [4.78, 5) is 12.0. The molecule has 0 saturated heterocycles. The number of carbonyl (C=O) groups is 1. The molecule has 2 rings (SSSR count). The highest BCUT2D eigenvalue weighted by Gasteiger charge is 2.15. The third kappa shape index (κ3) is 3.16. The number of nitrogens with one attached hydrogen (secondary N) is 1. The van der Waals surface area contributed by atoms with Crippen LogP contribution in [-0.2, 0) is 17.8 Å². The van der Waals surface area contributed by atoms with Gasteiger partial charge in [0.2, 0.25) is 5.91 Å². The first kappa shape index (κ1) is 13.7. The second-order valence-electron chi connectivity index (χ2n) is 5.95. The molecule has 0 bridgehead atoms. The Morgan fingerprint density at radius 1 is 1.26 bits per heavy atom. The number of para-hydroxylation sites is 1. The Kier molecular flexibility index (Phi) is 3.65. The van der Waals surface area contributed by atoms with Crippen LogP contribution in [0.25, 0.3) is 10.9 Å². The standard InChI is InChI=1S/C16H22N2O/c1-5-12-7-6-8-13-9-10-18(15(12)13)11-14(19)17-16(2,3)4/h6-10H,5,11H2,1-4H3,(H,17,19). The van der Waals surface area contributed by atoms with E-state index in [1.54, 1.807) is 0 Å². The molecular weight excluding hydrogens is 236 g/mol. The van der Waals surface area contributed by atoms with E-state index in [4.69, 9.17) is 0 Å². The summed E-state index contributed by atoms with van der Waals surface area (Å²) in [5.74, 6) is 0.0518. The van der Waals surface area contributed by atoms with Gasteiger partial charge in [-0.1, -0.05) is 25.1 Å². The Morgan fingerprint density at radius 2 is 2.00 bits per heavy atom. The Hall–Kier alpha value is -1.77. The van der Waals surface area contributed by atoms with Gasteiger partial charge < -0.3 is 9.88 Å². The van der Waals surface area contributed by atoms with E-state index in [2.05, 4.69) is 36.5 Å². The van der Waals surface area contributed by atoms with Crippen molar-refractivity contribution in [2.75, 3.05) is 0 Å². The van der Waals surface area contributed by atoms with Gasteiger partial charge in [-0.15, -0.1) is 0 Å². The van der Waals surface area contributed by atoms with Crippen LogP contribution >= 0.6 is 0 Å². The quantitative estimate of drug-likeness (QED) is 0.901. The minimum atomic E-state index is -0.187. The molecule has 0 aliphatic rings. The lowest BCUT2D eigenvalue weighted by Crippen LogP contribution is -2.42. The molecule has 3 heteroatoms. The van der Waals surface area contributed by atoms with Crippen LogP contribution in [0.5, 0.6) is 0 Å². The van der Waals surface area contributed by atoms with Gasteiger partial charge in [-0.2, -0.15) is 0 Å². The summed E-state index contributed by atoms with van der Waals surface area (Å²) in [6, 6.07) is 8.35. The zero-order valence-corrected chi connectivity index (χ0v) is 12.2. The van der Waals surface area contributed by atoms with Crippen LogP contribution in [0, 0.1) is 0 Å². The summed E-state index contributed by atoms with van der Waals surface area (Å²) in [5, 5.41) is 4.20. The van der Waals surface area contributed by atoms with Crippen LogP contribution in [0.3, 0.4) is 0 Å². The van der Waals surface area contributed by atoms with E-state index in [-0.39, 0.29) is 11.4 Å². The Labute approximate surface area is 114 Å². The highest BCUT2D eigenvalue weighted by Crippen LogP contribution is 2.20. The number of aryl methyl sites for hydroxylation is 1. The third-order valence-electron chi connectivity index (χ3n) is 3.08. The lowest BCUT2D eigenvalue weighted by atomic mass is 10.1. The molecule has 3 nitrogen and oxygen atoms in total. The van der Waals surface area contributed by atoms with Crippen molar-refractivity contribution < 1.29 is 4.79 Å². The van der Waals surface area contributed by atoms with Crippen molar-refractivity contribution in [1.29, 1.82) is 0 Å². The van der Waals surface area contributed by atoms with E-state index in [1.165, 1.54) is 16.5 Å².